The molecule has 0 saturated heterocycles. The summed E-state index contributed by atoms with van der Waals surface area (Å²) >= 11 is 0. The summed E-state index contributed by atoms with van der Waals surface area (Å²) in [5.74, 6) is 0. The molecule has 0 aliphatic rings. The molecule has 0 aliphatic heterocycles. The van der Waals surface area contributed by atoms with Gasteiger partial charge in [0.2, 0.25) is 0 Å². The molecule has 2 heterocycles. The van der Waals surface area contributed by atoms with Crippen molar-refractivity contribution in [3.8, 4) is 67.7 Å². The van der Waals surface area contributed by atoms with E-state index in [1.54, 1.807) is 0 Å². The third kappa shape index (κ3) is 5.83. The predicted octanol–water partition coefficient (Wildman–Crippen LogP) is 13.5. The van der Waals surface area contributed by atoms with Gasteiger partial charge in [0.05, 0.1) is 34.1 Å². The lowest BCUT2D eigenvalue weighted by atomic mass is 9.95. The lowest BCUT2D eigenvalue weighted by Gasteiger charge is -2.16. The Morgan fingerprint density at radius 1 is 0.382 bits per heavy atom. The van der Waals surface area contributed by atoms with Gasteiger partial charge in [0, 0.05) is 27.6 Å². The fourth-order valence-electron chi connectivity index (χ4n) is 7.92. The fraction of sp³-hybridized carbons (Fsp3) is 0. The zero-order valence-electron chi connectivity index (χ0n) is 29.9. The highest BCUT2D eigenvalue weighted by Gasteiger charge is 2.17. The van der Waals surface area contributed by atoms with Gasteiger partial charge in [-0.1, -0.05) is 146 Å². The number of para-hydroxylation sites is 1. The van der Waals surface area contributed by atoms with E-state index in [0.717, 1.165) is 61.5 Å². The summed E-state index contributed by atoms with van der Waals surface area (Å²) < 4.78 is 2.41. The summed E-state index contributed by atoms with van der Waals surface area (Å²) in [6.07, 6.45) is 0. The van der Waals surface area contributed by atoms with Crippen molar-refractivity contribution in [1.29, 1.82) is 5.26 Å². The third-order valence-corrected chi connectivity index (χ3v) is 10.6. The number of pyridine rings is 1. The summed E-state index contributed by atoms with van der Waals surface area (Å²) in [4.78, 5) is 5.18. The lowest BCUT2D eigenvalue weighted by Crippen LogP contribution is -1.97. The number of benzene rings is 8. The van der Waals surface area contributed by atoms with Crippen molar-refractivity contribution >= 4 is 32.6 Å². The molecule has 10 rings (SSSR count). The number of fused-ring (bicyclic) bond motifs is 4. The molecular weight excluding hydrogens is 667 g/mol. The summed E-state index contributed by atoms with van der Waals surface area (Å²) in [6, 6.07) is 72.9. The maximum Gasteiger partial charge on any atom is 0.0991 e. The first kappa shape index (κ1) is 32.1. The molecule has 55 heavy (non-hydrogen) atoms. The van der Waals surface area contributed by atoms with Crippen molar-refractivity contribution in [2.75, 3.05) is 0 Å². The quantitative estimate of drug-likeness (QED) is 0.173. The van der Waals surface area contributed by atoms with Crippen LogP contribution in [0, 0.1) is 11.3 Å². The molecule has 0 fully saturated rings. The predicted molar refractivity (Wildman–Crippen MR) is 228 cm³/mol. The number of nitrogens with zero attached hydrogens (tertiary/aromatic N) is 3. The molecular formula is C52H33N3. The summed E-state index contributed by atoms with van der Waals surface area (Å²) in [5, 5.41) is 14.5. The van der Waals surface area contributed by atoms with E-state index >= 15 is 0 Å². The number of aromatic nitrogens is 2. The highest BCUT2D eigenvalue weighted by Crippen LogP contribution is 2.40. The van der Waals surface area contributed by atoms with E-state index in [-0.39, 0.29) is 0 Å². The Labute approximate surface area is 319 Å². The van der Waals surface area contributed by atoms with Crippen molar-refractivity contribution in [2.24, 2.45) is 0 Å². The molecule has 3 heteroatoms. The van der Waals surface area contributed by atoms with Gasteiger partial charge in [-0.25, -0.2) is 4.98 Å². The molecule has 8 aromatic carbocycles. The first-order valence-electron chi connectivity index (χ1n) is 18.5. The topological polar surface area (TPSA) is 41.6 Å². The Bertz CT molecular complexity index is 3020. The minimum atomic E-state index is 0.637. The van der Waals surface area contributed by atoms with Gasteiger partial charge >= 0.3 is 0 Å². The van der Waals surface area contributed by atoms with Crippen LogP contribution in [0.2, 0.25) is 0 Å². The Hall–Kier alpha value is -7.54. The summed E-state index contributed by atoms with van der Waals surface area (Å²) in [7, 11) is 0. The molecule has 0 spiro atoms. The highest BCUT2D eigenvalue weighted by molar-refractivity contribution is 6.11. The minimum absolute atomic E-state index is 0.637. The van der Waals surface area contributed by atoms with E-state index in [2.05, 4.69) is 174 Å². The lowest BCUT2D eigenvalue weighted by molar-refractivity contribution is 1.18. The normalized spacial score (nSPS) is 11.3. The van der Waals surface area contributed by atoms with Crippen molar-refractivity contribution < 1.29 is 0 Å². The van der Waals surface area contributed by atoms with Gasteiger partial charge in [0.25, 0.3) is 0 Å². The van der Waals surface area contributed by atoms with Gasteiger partial charge in [-0.2, -0.15) is 5.26 Å². The van der Waals surface area contributed by atoms with E-state index in [9.17, 15) is 5.26 Å². The molecule has 10 aromatic rings. The van der Waals surface area contributed by atoms with Gasteiger partial charge in [-0.05, 0) is 98.8 Å². The average Bonchev–Trinajstić information content (AvgIpc) is 3.60. The van der Waals surface area contributed by atoms with Gasteiger partial charge in [-0.15, -0.1) is 0 Å². The van der Waals surface area contributed by atoms with Gasteiger partial charge < -0.3 is 4.57 Å². The van der Waals surface area contributed by atoms with E-state index < -0.39 is 0 Å². The van der Waals surface area contributed by atoms with Crippen LogP contribution in [-0.2, 0) is 0 Å². The monoisotopic (exact) mass is 699 g/mol. The van der Waals surface area contributed by atoms with Crippen LogP contribution in [0.3, 0.4) is 0 Å². The highest BCUT2D eigenvalue weighted by atomic mass is 15.0. The second-order valence-electron chi connectivity index (χ2n) is 13.9. The van der Waals surface area contributed by atoms with Crippen molar-refractivity contribution in [1.82, 2.24) is 9.55 Å². The Balaban J connectivity index is 1.25. The molecule has 0 saturated carbocycles. The standard InChI is InChI=1S/C52H33N3/c53-34-35-22-24-36(25-23-35)41-28-42(43-31-49(38-13-3-1-4-14-38)54-50(32-43)39-15-5-2-6-16-39)30-44(29-41)55-51-21-10-9-19-47(51)48-27-26-40(33-52(48)55)46-20-11-17-37-12-7-8-18-45(37)46/h1-33H. The van der Waals surface area contributed by atoms with Crippen LogP contribution in [-0.4, -0.2) is 9.55 Å². The Morgan fingerprint density at radius 2 is 0.945 bits per heavy atom. The second kappa shape index (κ2) is 13.5. The number of hydrogen-bond acceptors (Lipinski definition) is 2. The summed E-state index contributed by atoms with van der Waals surface area (Å²) in [5.41, 5.74) is 14.6. The SMILES string of the molecule is N#Cc1ccc(-c2cc(-c3cc(-c4ccccc4)nc(-c4ccccc4)c3)cc(-n3c4ccccc4c4ccc(-c5cccc6ccccc56)cc43)c2)cc1. The Morgan fingerprint density at radius 3 is 1.65 bits per heavy atom. The van der Waals surface area contributed by atoms with Crippen LogP contribution in [0.4, 0.5) is 0 Å². The smallest absolute Gasteiger partial charge is 0.0991 e. The molecule has 0 N–H and O–H groups in total. The first-order valence-corrected chi connectivity index (χ1v) is 18.5. The van der Waals surface area contributed by atoms with Gasteiger partial charge in [0.15, 0.2) is 0 Å². The number of hydrogen-bond donors (Lipinski definition) is 0. The number of rotatable bonds is 6. The van der Waals surface area contributed by atoms with Gasteiger partial charge in [-0.3, -0.25) is 0 Å². The van der Waals surface area contributed by atoms with E-state index in [0.29, 0.717) is 5.56 Å². The van der Waals surface area contributed by atoms with Crippen molar-refractivity contribution in [3.63, 3.8) is 0 Å². The third-order valence-electron chi connectivity index (χ3n) is 10.6. The maximum atomic E-state index is 9.61. The van der Waals surface area contributed by atoms with E-state index in [1.165, 1.54) is 32.7 Å². The van der Waals surface area contributed by atoms with E-state index in [4.69, 9.17) is 4.98 Å². The number of nitriles is 1. The first-order chi connectivity index (χ1) is 27.2. The Kier molecular flexibility index (Phi) is 7.86. The molecule has 256 valence electrons. The van der Waals surface area contributed by atoms with E-state index in [1.807, 2.05) is 36.4 Å². The molecule has 0 radical (unpaired) electrons. The zero-order valence-corrected chi connectivity index (χ0v) is 29.9. The molecule has 0 atom stereocenters. The average molecular weight is 700 g/mol. The maximum absolute atomic E-state index is 9.61. The van der Waals surface area contributed by atoms with Crippen LogP contribution < -0.4 is 0 Å². The minimum Gasteiger partial charge on any atom is -0.309 e. The van der Waals surface area contributed by atoms with Crippen LogP contribution >= 0.6 is 0 Å². The molecule has 0 unspecified atom stereocenters. The van der Waals surface area contributed by atoms with Crippen LogP contribution in [0.25, 0.3) is 94.2 Å². The second-order valence-corrected chi connectivity index (χ2v) is 13.9. The van der Waals surface area contributed by atoms with Crippen LogP contribution in [0.1, 0.15) is 5.56 Å². The molecule has 3 nitrogen and oxygen atoms in total. The molecule has 0 amide bonds. The summed E-state index contributed by atoms with van der Waals surface area (Å²) in [6.45, 7) is 0. The van der Waals surface area contributed by atoms with Crippen LogP contribution in [0.5, 0.6) is 0 Å². The largest absolute Gasteiger partial charge is 0.309 e. The van der Waals surface area contributed by atoms with Crippen molar-refractivity contribution in [2.45, 2.75) is 0 Å². The van der Waals surface area contributed by atoms with Gasteiger partial charge in [0.1, 0.15) is 0 Å². The zero-order chi connectivity index (χ0) is 36.7. The molecule has 0 aliphatic carbocycles. The fourth-order valence-corrected chi connectivity index (χ4v) is 7.92. The molecule has 0 bridgehead atoms. The molecule has 2 aromatic heterocycles. The van der Waals surface area contributed by atoms with Crippen LogP contribution in [0.15, 0.2) is 200 Å². The van der Waals surface area contributed by atoms with Crippen molar-refractivity contribution in [3.05, 3.63) is 206 Å².